The maximum absolute atomic E-state index is 11.6. The Kier molecular flexibility index (Phi) is 3.88. The fourth-order valence-electron chi connectivity index (χ4n) is 1.35. The summed E-state index contributed by atoms with van der Waals surface area (Å²) in [6, 6.07) is 1.82. The van der Waals surface area contributed by atoms with Gasteiger partial charge >= 0.3 is 5.97 Å². The molecule has 0 fully saturated rings. The van der Waals surface area contributed by atoms with Gasteiger partial charge in [-0.05, 0) is 13.8 Å². The van der Waals surface area contributed by atoms with Crippen LogP contribution in [0.5, 0.6) is 0 Å². The highest BCUT2D eigenvalue weighted by molar-refractivity contribution is 5.97. The topological polar surface area (TPSA) is 92.3 Å². The Hall–Kier alpha value is -2.29. The summed E-state index contributed by atoms with van der Waals surface area (Å²) in [7, 11) is 0. The van der Waals surface area contributed by atoms with Gasteiger partial charge in [-0.3, -0.25) is 10.1 Å². The van der Waals surface area contributed by atoms with Gasteiger partial charge in [-0.1, -0.05) is 0 Å². The Morgan fingerprint density at radius 3 is 2.65 bits per heavy atom. The summed E-state index contributed by atoms with van der Waals surface area (Å²) in [4.78, 5) is 22.5. The molecular formula is C11H12N2O4. The maximum Gasteiger partial charge on any atom is 0.343 e. The molecule has 0 saturated carbocycles. The number of amides is 1. The molecule has 1 amide bonds. The number of aryl methyl sites for hydroxylation is 1. The molecule has 17 heavy (non-hydrogen) atoms. The van der Waals surface area contributed by atoms with Crippen LogP contribution in [0.3, 0.4) is 0 Å². The molecule has 1 aromatic rings. The molecule has 0 aliphatic rings. The number of hydrogen-bond donors (Lipinski definition) is 1. The number of esters is 1. The predicted octanol–water partition coefficient (Wildman–Crippen LogP) is 1.59. The zero-order chi connectivity index (χ0) is 13.0. The van der Waals surface area contributed by atoms with Crippen LogP contribution in [0.2, 0.25) is 0 Å². The van der Waals surface area contributed by atoms with Gasteiger partial charge in [0.05, 0.1) is 6.61 Å². The molecule has 1 heterocycles. The Morgan fingerprint density at radius 2 is 2.18 bits per heavy atom. The van der Waals surface area contributed by atoms with Crippen molar-refractivity contribution in [1.82, 2.24) is 0 Å². The van der Waals surface area contributed by atoms with Crippen LogP contribution < -0.4 is 5.32 Å². The lowest BCUT2D eigenvalue weighted by atomic mass is 10.1. The van der Waals surface area contributed by atoms with Crippen molar-refractivity contribution in [3.63, 3.8) is 0 Å². The number of anilines is 1. The van der Waals surface area contributed by atoms with Gasteiger partial charge in [0.2, 0.25) is 11.8 Å². The van der Waals surface area contributed by atoms with E-state index in [2.05, 4.69) is 5.32 Å². The average Bonchev–Trinajstić information content (AvgIpc) is 2.53. The van der Waals surface area contributed by atoms with Gasteiger partial charge in [-0.25, -0.2) is 4.79 Å². The molecule has 0 radical (unpaired) electrons. The molecule has 0 spiro atoms. The maximum atomic E-state index is 11.6. The van der Waals surface area contributed by atoms with Crippen molar-refractivity contribution in [3.05, 3.63) is 16.9 Å². The summed E-state index contributed by atoms with van der Waals surface area (Å²) in [6.45, 7) is 4.67. The van der Waals surface area contributed by atoms with E-state index in [9.17, 15) is 9.59 Å². The van der Waals surface area contributed by atoms with E-state index in [0.29, 0.717) is 0 Å². The van der Waals surface area contributed by atoms with E-state index in [1.54, 1.807) is 6.92 Å². The molecule has 0 aliphatic heterocycles. The van der Waals surface area contributed by atoms with Crippen molar-refractivity contribution in [2.75, 3.05) is 11.9 Å². The molecule has 0 bridgehead atoms. The van der Waals surface area contributed by atoms with Crippen molar-refractivity contribution in [1.29, 1.82) is 5.26 Å². The van der Waals surface area contributed by atoms with Gasteiger partial charge < -0.3 is 9.15 Å². The minimum Gasteiger partial charge on any atom is -0.462 e. The molecule has 90 valence electrons. The van der Waals surface area contributed by atoms with E-state index in [4.69, 9.17) is 14.4 Å². The normalized spacial score (nSPS) is 9.53. The highest BCUT2D eigenvalue weighted by Crippen LogP contribution is 2.26. The van der Waals surface area contributed by atoms with E-state index in [1.165, 1.54) is 13.8 Å². The van der Waals surface area contributed by atoms with Crippen molar-refractivity contribution in [2.45, 2.75) is 20.8 Å². The highest BCUT2D eigenvalue weighted by Gasteiger charge is 2.25. The molecule has 1 aromatic heterocycles. The number of nitriles is 1. The SMILES string of the molecule is CCOC(=O)c1c(C)oc(NC(C)=O)c1C#N. The predicted molar refractivity (Wildman–Crippen MR) is 58.4 cm³/mol. The molecule has 1 N–H and O–H groups in total. The van der Waals surface area contributed by atoms with Crippen LogP contribution in [0.25, 0.3) is 0 Å². The highest BCUT2D eigenvalue weighted by atomic mass is 16.5. The number of carbonyl (C=O) groups excluding carboxylic acids is 2. The Labute approximate surface area is 98.2 Å². The first-order valence-corrected chi connectivity index (χ1v) is 4.99. The minimum atomic E-state index is -0.637. The van der Waals surface area contributed by atoms with E-state index in [1.807, 2.05) is 6.07 Å². The summed E-state index contributed by atoms with van der Waals surface area (Å²) >= 11 is 0. The van der Waals surface area contributed by atoms with Crippen molar-refractivity contribution in [3.8, 4) is 6.07 Å². The lowest BCUT2D eigenvalue weighted by Crippen LogP contribution is -2.09. The number of carbonyl (C=O) groups is 2. The zero-order valence-electron chi connectivity index (χ0n) is 9.79. The van der Waals surface area contributed by atoms with E-state index in [-0.39, 0.29) is 35.3 Å². The zero-order valence-corrected chi connectivity index (χ0v) is 9.79. The third-order valence-electron chi connectivity index (χ3n) is 1.97. The van der Waals surface area contributed by atoms with E-state index >= 15 is 0 Å². The third kappa shape index (κ3) is 2.64. The third-order valence-corrected chi connectivity index (χ3v) is 1.97. The quantitative estimate of drug-likeness (QED) is 0.804. The number of nitrogens with one attached hydrogen (secondary N) is 1. The van der Waals surface area contributed by atoms with Gasteiger partial charge in [-0.15, -0.1) is 0 Å². The van der Waals surface area contributed by atoms with Gasteiger partial charge in [-0.2, -0.15) is 5.26 Å². The first kappa shape index (κ1) is 12.8. The van der Waals surface area contributed by atoms with Crippen LogP contribution in [-0.4, -0.2) is 18.5 Å². The molecular weight excluding hydrogens is 224 g/mol. The van der Waals surface area contributed by atoms with Crippen LogP contribution in [0.4, 0.5) is 5.88 Å². The molecule has 1 rings (SSSR count). The second-order valence-electron chi connectivity index (χ2n) is 3.25. The van der Waals surface area contributed by atoms with Gasteiger partial charge in [0.1, 0.15) is 23.0 Å². The summed E-state index contributed by atoms with van der Waals surface area (Å²) < 4.78 is 9.97. The summed E-state index contributed by atoms with van der Waals surface area (Å²) in [5.74, 6) is -0.808. The summed E-state index contributed by atoms with van der Waals surface area (Å²) in [6.07, 6.45) is 0. The number of furan rings is 1. The van der Waals surface area contributed by atoms with Crippen LogP contribution in [0, 0.1) is 18.3 Å². The van der Waals surface area contributed by atoms with E-state index in [0.717, 1.165) is 0 Å². The number of ether oxygens (including phenoxy) is 1. The second-order valence-corrected chi connectivity index (χ2v) is 3.25. The Bertz CT molecular complexity index is 496. The first-order chi connectivity index (χ1) is 8.01. The van der Waals surface area contributed by atoms with Crippen molar-refractivity contribution in [2.24, 2.45) is 0 Å². The Morgan fingerprint density at radius 1 is 1.53 bits per heavy atom. The number of hydrogen-bond acceptors (Lipinski definition) is 5. The van der Waals surface area contributed by atoms with Gasteiger partial charge in [0.25, 0.3) is 0 Å². The van der Waals surface area contributed by atoms with Crippen LogP contribution >= 0.6 is 0 Å². The molecule has 0 unspecified atom stereocenters. The number of rotatable bonds is 3. The minimum absolute atomic E-state index is 0.0175. The standard InChI is InChI=1S/C11H12N2O4/c1-4-16-11(15)9-6(2)17-10(8(9)5-12)13-7(3)14/h4H2,1-3H3,(H,13,14). The lowest BCUT2D eigenvalue weighted by molar-refractivity contribution is -0.114. The second kappa shape index (κ2) is 5.16. The average molecular weight is 236 g/mol. The molecule has 0 saturated heterocycles. The molecule has 0 aliphatic carbocycles. The summed E-state index contributed by atoms with van der Waals surface area (Å²) in [5, 5.41) is 11.3. The summed E-state index contributed by atoms with van der Waals surface area (Å²) in [5.41, 5.74) is 0.0363. The smallest absolute Gasteiger partial charge is 0.343 e. The largest absolute Gasteiger partial charge is 0.462 e. The molecule has 6 heteroatoms. The van der Waals surface area contributed by atoms with E-state index < -0.39 is 5.97 Å². The van der Waals surface area contributed by atoms with Crippen LogP contribution in [-0.2, 0) is 9.53 Å². The number of nitrogens with zero attached hydrogens (tertiary/aromatic N) is 1. The fraction of sp³-hybridized carbons (Fsp3) is 0.364. The van der Waals surface area contributed by atoms with Gasteiger partial charge in [0.15, 0.2) is 0 Å². The first-order valence-electron chi connectivity index (χ1n) is 4.99. The van der Waals surface area contributed by atoms with Crippen LogP contribution in [0.1, 0.15) is 35.5 Å². The Balaban J connectivity index is 3.22. The fourth-order valence-corrected chi connectivity index (χ4v) is 1.35. The molecule has 0 atom stereocenters. The van der Waals surface area contributed by atoms with Crippen molar-refractivity contribution < 1.29 is 18.7 Å². The lowest BCUT2D eigenvalue weighted by Gasteiger charge is -1.99. The monoisotopic (exact) mass is 236 g/mol. The van der Waals surface area contributed by atoms with Gasteiger partial charge in [0, 0.05) is 6.92 Å². The molecule has 0 aromatic carbocycles. The molecule has 6 nitrogen and oxygen atoms in total. The van der Waals surface area contributed by atoms with Crippen molar-refractivity contribution >= 4 is 17.8 Å². The van der Waals surface area contributed by atoms with Crippen LogP contribution in [0.15, 0.2) is 4.42 Å².